The molecule has 4 rings (SSSR count). The number of likely N-dealkylation sites (tertiary alicyclic amines) is 1. The lowest BCUT2D eigenvalue weighted by Gasteiger charge is -2.44. The van der Waals surface area contributed by atoms with E-state index in [0.29, 0.717) is 68.1 Å². The summed E-state index contributed by atoms with van der Waals surface area (Å²) in [6, 6.07) is 21.1. The second kappa shape index (κ2) is 16.6. The number of benzene rings is 3. The van der Waals surface area contributed by atoms with Crippen molar-refractivity contribution in [3.8, 4) is 11.1 Å². The summed E-state index contributed by atoms with van der Waals surface area (Å²) in [6.07, 6.45) is 3.80. The average Bonchev–Trinajstić information content (AvgIpc) is 3.07. The Hall–Kier alpha value is -3.44. The smallest absolute Gasteiger partial charge is 0.406 e. The number of piperidine rings is 1. The lowest BCUT2D eigenvalue weighted by atomic mass is 9.72. The van der Waals surface area contributed by atoms with Crippen molar-refractivity contribution in [2.75, 3.05) is 45.3 Å². The van der Waals surface area contributed by atoms with Crippen molar-refractivity contribution in [3.63, 3.8) is 0 Å². The summed E-state index contributed by atoms with van der Waals surface area (Å²) in [4.78, 5) is 27.3. The van der Waals surface area contributed by atoms with Crippen molar-refractivity contribution >= 4 is 33.4 Å². The molecule has 1 heterocycles. The Morgan fingerprint density at radius 1 is 1.06 bits per heavy atom. The highest BCUT2D eigenvalue weighted by Gasteiger charge is 2.43. The molecule has 2 atom stereocenters. The summed E-state index contributed by atoms with van der Waals surface area (Å²) in [5.74, 6) is -0.332. The Morgan fingerprint density at radius 2 is 1.81 bits per heavy atom. The van der Waals surface area contributed by atoms with Gasteiger partial charge in [0.25, 0.3) is 5.91 Å². The molecule has 9 nitrogen and oxygen atoms in total. The van der Waals surface area contributed by atoms with Gasteiger partial charge in [-0.1, -0.05) is 67.1 Å². The number of aryl methyl sites for hydroxylation is 1. The van der Waals surface area contributed by atoms with Gasteiger partial charge in [-0.2, -0.15) is 0 Å². The topological polar surface area (TPSA) is 125 Å². The molecule has 0 radical (unpaired) electrons. The quantitative estimate of drug-likeness (QED) is 0.190. The standard InChI is InChI=1S/C36H46ClN3O6S/c1-4-26-9-5-10-29(23-26)33-31(12-6-13-32(33)37)36(43,18-8-19-39-35(42)46-2)30-11-7-21-40(25-30)34(41)28-16-14-27(15-17-28)24-38-20-22-47(3,44)45/h5-6,9-10,12-17,23,30,38,43H,4,7-8,11,18-22,24-25H2,1-3H3,(H,39,42). The molecule has 0 aliphatic carbocycles. The zero-order valence-electron chi connectivity index (χ0n) is 27.4. The summed E-state index contributed by atoms with van der Waals surface area (Å²) >= 11 is 6.88. The normalized spacial score (nSPS) is 16.4. The summed E-state index contributed by atoms with van der Waals surface area (Å²) in [5.41, 5.74) is 3.72. The van der Waals surface area contributed by atoms with Crippen LogP contribution < -0.4 is 10.6 Å². The highest BCUT2D eigenvalue weighted by molar-refractivity contribution is 7.90. The molecule has 0 bridgehead atoms. The molecule has 3 aromatic carbocycles. The minimum Gasteiger partial charge on any atom is -0.453 e. The second-order valence-corrected chi connectivity index (χ2v) is 14.9. The molecule has 3 N–H and O–H groups in total. The van der Waals surface area contributed by atoms with Crippen molar-refractivity contribution in [1.29, 1.82) is 0 Å². The molecule has 2 amide bonds. The van der Waals surface area contributed by atoms with Crippen molar-refractivity contribution in [2.24, 2.45) is 5.92 Å². The van der Waals surface area contributed by atoms with Gasteiger partial charge >= 0.3 is 6.09 Å². The molecule has 47 heavy (non-hydrogen) atoms. The van der Waals surface area contributed by atoms with Gasteiger partial charge in [-0.25, -0.2) is 13.2 Å². The van der Waals surface area contributed by atoms with Crippen LogP contribution in [0.4, 0.5) is 4.79 Å². The molecule has 254 valence electrons. The van der Waals surface area contributed by atoms with Crippen LogP contribution >= 0.6 is 11.6 Å². The molecule has 1 saturated heterocycles. The van der Waals surface area contributed by atoms with Gasteiger partial charge in [0.15, 0.2) is 0 Å². The first-order valence-electron chi connectivity index (χ1n) is 16.1. The van der Waals surface area contributed by atoms with Crippen molar-refractivity contribution in [3.05, 3.63) is 94.0 Å². The fraction of sp³-hybridized carbons (Fsp3) is 0.444. The Balaban J connectivity index is 1.59. The number of hydrogen-bond acceptors (Lipinski definition) is 7. The fourth-order valence-electron chi connectivity index (χ4n) is 6.29. The molecular weight excluding hydrogens is 638 g/mol. The van der Waals surface area contributed by atoms with E-state index >= 15 is 0 Å². The number of rotatable bonds is 14. The van der Waals surface area contributed by atoms with E-state index in [1.165, 1.54) is 13.4 Å². The summed E-state index contributed by atoms with van der Waals surface area (Å²) in [6.45, 7) is 4.20. The number of methoxy groups -OCH3 is 1. The van der Waals surface area contributed by atoms with Gasteiger partial charge in [0.1, 0.15) is 9.84 Å². The van der Waals surface area contributed by atoms with E-state index in [-0.39, 0.29) is 17.6 Å². The molecule has 1 aliphatic rings. The van der Waals surface area contributed by atoms with Crippen LogP contribution in [0, 0.1) is 5.92 Å². The van der Waals surface area contributed by atoms with Gasteiger partial charge in [-0.15, -0.1) is 0 Å². The average molecular weight is 684 g/mol. The maximum absolute atomic E-state index is 13.8. The molecule has 0 spiro atoms. The van der Waals surface area contributed by atoms with Crippen LogP contribution in [0.15, 0.2) is 66.7 Å². The molecule has 3 aromatic rings. The number of alkyl carbamates (subject to hydrolysis) is 1. The maximum Gasteiger partial charge on any atom is 0.406 e. The number of amides is 2. The molecule has 11 heteroatoms. The molecule has 1 fully saturated rings. The van der Waals surface area contributed by atoms with Crippen molar-refractivity contribution < 1.29 is 27.9 Å². The lowest BCUT2D eigenvalue weighted by molar-refractivity contribution is -0.0563. The minimum atomic E-state index is -3.03. The number of carbonyl (C=O) groups excluding carboxylic acids is 2. The molecule has 0 aromatic heterocycles. The Morgan fingerprint density at radius 3 is 2.51 bits per heavy atom. The SMILES string of the molecule is CCc1cccc(-c2c(Cl)cccc2C(O)(CCCNC(=O)OC)C2CCCN(C(=O)c3ccc(CNCCS(C)(=O)=O)cc3)C2)c1. The molecular formula is C36H46ClN3O6S. The number of nitrogens with one attached hydrogen (secondary N) is 2. The first-order valence-corrected chi connectivity index (χ1v) is 18.6. The van der Waals surface area contributed by atoms with E-state index in [0.717, 1.165) is 35.1 Å². The third-order valence-electron chi connectivity index (χ3n) is 8.86. The third kappa shape index (κ3) is 9.79. The van der Waals surface area contributed by atoms with Gasteiger partial charge in [0.2, 0.25) is 0 Å². The van der Waals surface area contributed by atoms with Gasteiger partial charge < -0.3 is 25.4 Å². The van der Waals surface area contributed by atoms with E-state index in [1.54, 1.807) is 12.1 Å². The highest BCUT2D eigenvalue weighted by atomic mass is 35.5. The zero-order chi connectivity index (χ0) is 34.0. The summed E-state index contributed by atoms with van der Waals surface area (Å²) in [7, 11) is -1.72. The monoisotopic (exact) mass is 683 g/mol. The fourth-order valence-corrected chi connectivity index (χ4v) is 7.09. The van der Waals surface area contributed by atoms with E-state index in [9.17, 15) is 23.1 Å². The van der Waals surface area contributed by atoms with Gasteiger partial charge in [-0.3, -0.25) is 4.79 Å². The van der Waals surface area contributed by atoms with Gasteiger partial charge in [0.05, 0.1) is 18.5 Å². The van der Waals surface area contributed by atoms with Crippen LogP contribution in [-0.2, 0) is 33.1 Å². The van der Waals surface area contributed by atoms with E-state index in [4.69, 9.17) is 16.3 Å². The van der Waals surface area contributed by atoms with Crippen LogP contribution in [-0.4, -0.2) is 75.7 Å². The number of sulfone groups is 1. The van der Waals surface area contributed by atoms with Crippen molar-refractivity contribution in [1.82, 2.24) is 15.5 Å². The number of halogens is 1. The number of carbonyl (C=O) groups is 2. The summed E-state index contributed by atoms with van der Waals surface area (Å²) < 4.78 is 27.5. The Labute approximate surface area is 283 Å². The summed E-state index contributed by atoms with van der Waals surface area (Å²) in [5, 5.41) is 19.2. The number of hydrogen-bond donors (Lipinski definition) is 3. The van der Waals surface area contributed by atoms with Gasteiger partial charge in [0, 0.05) is 61.0 Å². The first kappa shape index (κ1) is 36.4. The largest absolute Gasteiger partial charge is 0.453 e. The second-order valence-electron chi connectivity index (χ2n) is 12.3. The van der Waals surface area contributed by atoms with E-state index < -0.39 is 21.5 Å². The molecule has 0 saturated carbocycles. The zero-order valence-corrected chi connectivity index (χ0v) is 29.0. The van der Waals surface area contributed by atoms with Gasteiger partial charge in [-0.05, 0) is 72.6 Å². The van der Waals surface area contributed by atoms with Crippen LogP contribution in [0.5, 0.6) is 0 Å². The maximum atomic E-state index is 13.8. The van der Waals surface area contributed by atoms with E-state index in [1.807, 2.05) is 47.4 Å². The lowest BCUT2D eigenvalue weighted by Crippen LogP contribution is -2.48. The Kier molecular flexibility index (Phi) is 12.8. The number of nitrogens with zero attached hydrogens (tertiary/aromatic N) is 1. The first-order chi connectivity index (χ1) is 22.4. The van der Waals surface area contributed by atoms with Crippen LogP contribution in [0.3, 0.4) is 0 Å². The van der Waals surface area contributed by atoms with E-state index in [2.05, 4.69) is 29.7 Å². The van der Waals surface area contributed by atoms with Crippen LogP contribution in [0.2, 0.25) is 5.02 Å². The van der Waals surface area contributed by atoms with Crippen LogP contribution in [0.1, 0.15) is 59.7 Å². The predicted molar refractivity (Wildman–Crippen MR) is 186 cm³/mol. The number of ether oxygens (including phenoxy) is 1. The Bertz CT molecular complexity index is 1630. The number of aliphatic hydroxyl groups is 1. The molecule has 2 unspecified atom stereocenters. The molecule has 1 aliphatic heterocycles. The predicted octanol–water partition coefficient (Wildman–Crippen LogP) is 5.58. The third-order valence-corrected chi connectivity index (χ3v) is 10.1. The highest BCUT2D eigenvalue weighted by Crippen LogP contribution is 2.45. The van der Waals surface area contributed by atoms with Crippen LogP contribution in [0.25, 0.3) is 11.1 Å². The minimum absolute atomic E-state index is 0.0651. The van der Waals surface area contributed by atoms with Crippen molar-refractivity contribution in [2.45, 2.75) is 51.2 Å².